The summed E-state index contributed by atoms with van der Waals surface area (Å²) >= 11 is 6.09. The molecule has 2 aromatic carbocycles. The van der Waals surface area contributed by atoms with Crippen molar-refractivity contribution in [1.29, 1.82) is 0 Å². The number of carbonyl (C=O) groups is 1. The van der Waals surface area contributed by atoms with Crippen LogP contribution in [0.25, 0.3) is 6.08 Å². The summed E-state index contributed by atoms with van der Waals surface area (Å²) in [5.41, 5.74) is 5.10. The van der Waals surface area contributed by atoms with Crippen molar-refractivity contribution in [1.82, 2.24) is 5.43 Å². The Kier molecular flexibility index (Phi) is 7.23. The second-order valence-electron chi connectivity index (χ2n) is 5.36. The summed E-state index contributed by atoms with van der Waals surface area (Å²) in [5.74, 6) is -0.272. The normalized spacial score (nSPS) is 11.6. The van der Waals surface area contributed by atoms with E-state index in [2.05, 4.69) is 29.3 Å². The van der Waals surface area contributed by atoms with Crippen LogP contribution in [0.3, 0.4) is 0 Å². The van der Waals surface area contributed by atoms with E-state index in [0.717, 1.165) is 24.3 Å². The van der Waals surface area contributed by atoms with E-state index in [1.807, 2.05) is 42.5 Å². The monoisotopic (exact) mass is 355 g/mol. The minimum atomic E-state index is -0.272. The van der Waals surface area contributed by atoms with Gasteiger partial charge in [0.25, 0.3) is 5.91 Å². The molecule has 2 aromatic rings. The van der Waals surface area contributed by atoms with E-state index in [-0.39, 0.29) is 5.91 Å². The van der Waals surface area contributed by atoms with E-state index in [1.165, 1.54) is 6.21 Å². The number of nitrogens with zero attached hydrogens (tertiary/aromatic N) is 2. The van der Waals surface area contributed by atoms with Crippen LogP contribution in [-0.4, -0.2) is 25.2 Å². The lowest BCUT2D eigenvalue weighted by Gasteiger charge is -2.20. The molecule has 1 amide bonds. The van der Waals surface area contributed by atoms with E-state index in [9.17, 15) is 4.79 Å². The van der Waals surface area contributed by atoms with Gasteiger partial charge < -0.3 is 4.90 Å². The third-order valence-electron chi connectivity index (χ3n) is 3.72. The van der Waals surface area contributed by atoms with Crippen molar-refractivity contribution in [2.24, 2.45) is 5.10 Å². The van der Waals surface area contributed by atoms with Crippen molar-refractivity contribution in [2.75, 3.05) is 18.0 Å². The van der Waals surface area contributed by atoms with Crippen LogP contribution in [0.4, 0.5) is 5.69 Å². The molecule has 0 unspecified atom stereocenters. The third kappa shape index (κ3) is 5.76. The van der Waals surface area contributed by atoms with Crippen LogP contribution >= 0.6 is 11.6 Å². The molecule has 25 heavy (non-hydrogen) atoms. The first kappa shape index (κ1) is 18.7. The standard InChI is InChI=1S/C20H22ClN3O/c1-3-24(4-2)19-12-10-17(11-13-19)20(25)23-22-15-18(21)14-16-8-6-5-7-9-16/h5-15H,3-4H2,1-2H3,(H,23,25)/b18-14-,22-15+. The Hall–Kier alpha value is -2.59. The number of carbonyl (C=O) groups excluding carboxylic acids is 1. The maximum absolute atomic E-state index is 12.1. The zero-order valence-electron chi connectivity index (χ0n) is 14.4. The van der Waals surface area contributed by atoms with Gasteiger partial charge in [-0.1, -0.05) is 41.9 Å². The van der Waals surface area contributed by atoms with Gasteiger partial charge in [-0.2, -0.15) is 5.10 Å². The summed E-state index contributed by atoms with van der Waals surface area (Å²) in [4.78, 5) is 14.3. The van der Waals surface area contributed by atoms with Crippen molar-refractivity contribution in [3.05, 3.63) is 70.8 Å². The maximum atomic E-state index is 12.1. The molecule has 0 aliphatic rings. The third-order valence-corrected chi connectivity index (χ3v) is 3.92. The predicted octanol–water partition coefficient (Wildman–Crippen LogP) is 4.53. The lowest BCUT2D eigenvalue weighted by atomic mass is 10.2. The highest BCUT2D eigenvalue weighted by atomic mass is 35.5. The second kappa shape index (κ2) is 9.64. The topological polar surface area (TPSA) is 44.7 Å². The van der Waals surface area contributed by atoms with Gasteiger partial charge in [-0.15, -0.1) is 0 Å². The van der Waals surface area contributed by atoms with Crippen LogP contribution in [0, 0.1) is 0 Å². The average Bonchev–Trinajstić information content (AvgIpc) is 2.64. The molecule has 0 bridgehead atoms. The fourth-order valence-corrected chi connectivity index (χ4v) is 2.55. The summed E-state index contributed by atoms with van der Waals surface area (Å²) in [5, 5.41) is 4.33. The number of allylic oxidation sites excluding steroid dienone is 1. The molecule has 130 valence electrons. The molecule has 0 atom stereocenters. The smallest absolute Gasteiger partial charge is 0.271 e. The molecular weight excluding hydrogens is 334 g/mol. The predicted molar refractivity (Wildman–Crippen MR) is 106 cm³/mol. The van der Waals surface area contributed by atoms with Crippen molar-refractivity contribution in [3.8, 4) is 0 Å². The number of hydrogen-bond acceptors (Lipinski definition) is 3. The highest BCUT2D eigenvalue weighted by molar-refractivity contribution is 6.41. The number of nitrogens with one attached hydrogen (secondary N) is 1. The molecule has 0 aromatic heterocycles. The van der Waals surface area contributed by atoms with E-state index in [0.29, 0.717) is 10.6 Å². The van der Waals surface area contributed by atoms with Gasteiger partial charge >= 0.3 is 0 Å². The molecule has 5 heteroatoms. The molecule has 0 radical (unpaired) electrons. The number of hydrogen-bond donors (Lipinski definition) is 1. The van der Waals surface area contributed by atoms with E-state index in [1.54, 1.807) is 18.2 Å². The maximum Gasteiger partial charge on any atom is 0.271 e. The summed E-state index contributed by atoms with van der Waals surface area (Å²) < 4.78 is 0. The highest BCUT2D eigenvalue weighted by Gasteiger charge is 2.06. The minimum Gasteiger partial charge on any atom is -0.372 e. The van der Waals surface area contributed by atoms with Gasteiger partial charge in [0.15, 0.2) is 0 Å². The Morgan fingerprint density at radius 3 is 2.32 bits per heavy atom. The number of amides is 1. The van der Waals surface area contributed by atoms with Gasteiger partial charge in [-0.3, -0.25) is 4.79 Å². The minimum absolute atomic E-state index is 0.272. The van der Waals surface area contributed by atoms with Crippen LogP contribution in [0.5, 0.6) is 0 Å². The Morgan fingerprint density at radius 1 is 1.08 bits per heavy atom. The quantitative estimate of drug-likeness (QED) is 0.586. The van der Waals surface area contributed by atoms with Crippen molar-refractivity contribution in [2.45, 2.75) is 13.8 Å². The van der Waals surface area contributed by atoms with E-state index < -0.39 is 0 Å². The fourth-order valence-electron chi connectivity index (χ4n) is 2.38. The summed E-state index contributed by atoms with van der Waals surface area (Å²) in [6, 6.07) is 17.1. The highest BCUT2D eigenvalue weighted by Crippen LogP contribution is 2.15. The lowest BCUT2D eigenvalue weighted by Crippen LogP contribution is -2.22. The molecule has 2 rings (SSSR count). The first-order valence-corrected chi connectivity index (χ1v) is 8.62. The summed E-state index contributed by atoms with van der Waals surface area (Å²) in [6.45, 7) is 6.06. The van der Waals surface area contributed by atoms with Gasteiger partial charge in [0.2, 0.25) is 0 Å². The number of anilines is 1. The molecule has 1 N–H and O–H groups in total. The van der Waals surface area contributed by atoms with Gasteiger partial charge in [0.1, 0.15) is 0 Å². The average molecular weight is 356 g/mol. The van der Waals surface area contributed by atoms with Gasteiger partial charge in [-0.05, 0) is 49.8 Å². The Labute approximate surface area is 153 Å². The van der Waals surface area contributed by atoms with Crippen LogP contribution in [-0.2, 0) is 0 Å². The summed E-state index contributed by atoms with van der Waals surface area (Å²) in [6.07, 6.45) is 3.19. The van der Waals surface area contributed by atoms with Crippen molar-refractivity contribution < 1.29 is 4.79 Å². The molecule has 0 saturated heterocycles. The van der Waals surface area contributed by atoms with Crippen LogP contribution in [0.1, 0.15) is 29.8 Å². The van der Waals surface area contributed by atoms with Gasteiger partial charge in [-0.25, -0.2) is 5.43 Å². The van der Waals surface area contributed by atoms with Crippen molar-refractivity contribution >= 4 is 35.5 Å². The van der Waals surface area contributed by atoms with Crippen LogP contribution in [0.2, 0.25) is 0 Å². The van der Waals surface area contributed by atoms with Crippen LogP contribution in [0.15, 0.2) is 64.7 Å². The first-order chi connectivity index (χ1) is 12.1. The van der Waals surface area contributed by atoms with Crippen molar-refractivity contribution in [3.63, 3.8) is 0 Å². The summed E-state index contributed by atoms with van der Waals surface area (Å²) in [7, 11) is 0. The molecule has 0 spiro atoms. The zero-order valence-corrected chi connectivity index (χ0v) is 15.2. The molecule has 0 heterocycles. The molecule has 0 aliphatic carbocycles. The molecule has 0 fully saturated rings. The molecular formula is C20H22ClN3O. The number of rotatable bonds is 7. The first-order valence-electron chi connectivity index (χ1n) is 8.24. The number of halogens is 1. The zero-order chi connectivity index (χ0) is 18.1. The van der Waals surface area contributed by atoms with Gasteiger partial charge in [0, 0.05) is 24.3 Å². The SMILES string of the molecule is CCN(CC)c1ccc(C(=O)N/N=C/C(Cl)=C/c2ccccc2)cc1. The molecule has 0 aliphatic heterocycles. The number of benzene rings is 2. The Bertz CT molecular complexity index is 735. The Balaban J connectivity index is 1.94. The second-order valence-corrected chi connectivity index (χ2v) is 5.79. The van der Waals surface area contributed by atoms with Crippen LogP contribution < -0.4 is 10.3 Å². The van der Waals surface area contributed by atoms with Gasteiger partial charge in [0.05, 0.1) is 11.2 Å². The lowest BCUT2D eigenvalue weighted by molar-refractivity contribution is 0.0955. The fraction of sp³-hybridized carbons (Fsp3) is 0.200. The Morgan fingerprint density at radius 2 is 1.72 bits per heavy atom. The molecule has 4 nitrogen and oxygen atoms in total. The van der Waals surface area contributed by atoms with E-state index >= 15 is 0 Å². The number of hydrazone groups is 1. The largest absolute Gasteiger partial charge is 0.372 e. The molecule has 0 saturated carbocycles. The van der Waals surface area contributed by atoms with E-state index in [4.69, 9.17) is 11.6 Å².